The summed E-state index contributed by atoms with van der Waals surface area (Å²) in [5.74, 6) is 0.180. The maximum atomic E-state index is 11.6. The van der Waals surface area contributed by atoms with Crippen LogP contribution in [0, 0.1) is 5.41 Å². The quantitative estimate of drug-likeness (QED) is 0.618. The number of amides is 1. The molecule has 0 aliphatic heterocycles. The Bertz CT molecular complexity index is 255. The van der Waals surface area contributed by atoms with Gasteiger partial charge in [-0.3, -0.25) is 4.79 Å². The zero-order chi connectivity index (χ0) is 10.1. The Morgan fingerprint density at radius 1 is 1.38 bits per heavy atom. The van der Waals surface area contributed by atoms with E-state index in [9.17, 15) is 4.79 Å². The van der Waals surface area contributed by atoms with Crippen LogP contribution < -0.4 is 5.32 Å². The first-order chi connectivity index (χ1) is 5.99. The van der Waals surface area contributed by atoms with Crippen LogP contribution in [0.25, 0.3) is 0 Å². The predicted molar refractivity (Wildman–Crippen MR) is 54.4 cm³/mol. The van der Waals surface area contributed by atoms with Crippen LogP contribution in [0.2, 0.25) is 0 Å². The Morgan fingerprint density at radius 2 is 2.00 bits per heavy atom. The van der Waals surface area contributed by atoms with Crippen LogP contribution in [0.15, 0.2) is 11.1 Å². The zero-order valence-electron chi connectivity index (χ0n) is 9.03. The van der Waals surface area contributed by atoms with E-state index in [1.807, 2.05) is 0 Å². The maximum Gasteiger partial charge on any atom is 0.226 e. The first kappa shape index (κ1) is 10.3. The molecule has 0 aromatic carbocycles. The fourth-order valence-electron chi connectivity index (χ4n) is 2.00. The van der Waals surface area contributed by atoms with Crippen LogP contribution in [0.5, 0.6) is 0 Å². The molecule has 1 aliphatic carbocycles. The summed E-state index contributed by atoms with van der Waals surface area (Å²) in [7, 11) is 1.72. The van der Waals surface area contributed by atoms with Crippen LogP contribution >= 0.6 is 0 Å². The molecule has 13 heavy (non-hydrogen) atoms. The van der Waals surface area contributed by atoms with Crippen molar-refractivity contribution in [1.82, 2.24) is 5.32 Å². The molecule has 0 radical (unpaired) electrons. The summed E-state index contributed by atoms with van der Waals surface area (Å²) in [6.45, 7) is 6.36. The van der Waals surface area contributed by atoms with E-state index in [0.717, 1.165) is 19.3 Å². The van der Waals surface area contributed by atoms with Crippen molar-refractivity contribution >= 4 is 5.91 Å². The molecular formula is C11H19NO. The SMILES string of the molecule is CNC(=O)[C@]1(C)CCC(C)=C(C)C1. The third-order valence-electron chi connectivity index (χ3n) is 3.21. The molecule has 0 saturated carbocycles. The molecule has 1 atom stereocenters. The molecular weight excluding hydrogens is 162 g/mol. The topological polar surface area (TPSA) is 29.1 Å². The summed E-state index contributed by atoms with van der Waals surface area (Å²) in [6, 6.07) is 0. The molecule has 0 fully saturated rings. The minimum Gasteiger partial charge on any atom is -0.359 e. The molecule has 74 valence electrons. The van der Waals surface area contributed by atoms with Crippen LogP contribution in [0.4, 0.5) is 0 Å². The third kappa shape index (κ3) is 1.93. The van der Waals surface area contributed by atoms with Crippen molar-refractivity contribution in [3.8, 4) is 0 Å². The largest absolute Gasteiger partial charge is 0.359 e. The standard InChI is InChI=1S/C11H19NO/c1-8-5-6-11(3,7-9(8)2)10(13)12-4/h5-7H2,1-4H3,(H,12,13)/t11-/m1/s1. The number of rotatable bonds is 1. The van der Waals surface area contributed by atoms with Gasteiger partial charge >= 0.3 is 0 Å². The highest BCUT2D eigenvalue weighted by Crippen LogP contribution is 2.38. The summed E-state index contributed by atoms with van der Waals surface area (Å²) >= 11 is 0. The minimum absolute atomic E-state index is 0.168. The van der Waals surface area contributed by atoms with Crippen molar-refractivity contribution in [2.75, 3.05) is 7.05 Å². The van der Waals surface area contributed by atoms with Gasteiger partial charge in [0.05, 0.1) is 5.41 Å². The number of hydrogen-bond acceptors (Lipinski definition) is 1. The Balaban J connectivity index is 2.81. The van der Waals surface area contributed by atoms with Crippen LogP contribution in [0.3, 0.4) is 0 Å². The number of carbonyl (C=O) groups excluding carboxylic acids is 1. The summed E-state index contributed by atoms with van der Waals surface area (Å²) < 4.78 is 0. The van der Waals surface area contributed by atoms with Crippen LogP contribution in [-0.2, 0) is 4.79 Å². The lowest BCUT2D eigenvalue weighted by Gasteiger charge is -2.33. The first-order valence-corrected chi connectivity index (χ1v) is 4.87. The van der Waals surface area contributed by atoms with Crippen molar-refractivity contribution in [2.24, 2.45) is 5.41 Å². The fraction of sp³-hybridized carbons (Fsp3) is 0.727. The van der Waals surface area contributed by atoms with Gasteiger partial charge in [-0.1, -0.05) is 18.1 Å². The molecule has 1 N–H and O–H groups in total. The summed E-state index contributed by atoms with van der Waals surface area (Å²) in [5, 5.41) is 2.75. The zero-order valence-corrected chi connectivity index (χ0v) is 9.03. The molecule has 2 nitrogen and oxygen atoms in total. The second-order valence-corrected chi connectivity index (χ2v) is 4.38. The second-order valence-electron chi connectivity index (χ2n) is 4.38. The third-order valence-corrected chi connectivity index (χ3v) is 3.21. The highest BCUT2D eigenvalue weighted by molar-refractivity contribution is 5.82. The van der Waals surface area contributed by atoms with Gasteiger partial charge in [0.25, 0.3) is 0 Å². The van der Waals surface area contributed by atoms with Gasteiger partial charge in [0.1, 0.15) is 0 Å². The van der Waals surface area contributed by atoms with Crippen molar-refractivity contribution < 1.29 is 4.79 Å². The van der Waals surface area contributed by atoms with E-state index in [4.69, 9.17) is 0 Å². The first-order valence-electron chi connectivity index (χ1n) is 4.87. The predicted octanol–water partition coefficient (Wildman–Crippen LogP) is 2.26. The van der Waals surface area contributed by atoms with E-state index >= 15 is 0 Å². The average molecular weight is 181 g/mol. The van der Waals surface area contributed by atoms with Crippen LogP contribution in [-0.4, -0.2) is 13.0 Å². The van der Waals surface area contributed by atoms with Gasteiger partial charge in [0, 0.05) is 7.05 Å². The van der Waals surface area contributed by atoms with Crippen molar-refractivity contribution in [3.05, 3.63) is 11.1 Å². The Hall–Kier alpha value is -0.790. The lowest BCUT2D eigenvalue weighted by Crippen LogP contribution is -2.38. The van der Waals surface area contributed by atoms with Crippen molar-refractivity contribution in [1.29, 1.82) is 0 Å². The molecule has 1 aliphatic rings. The molecule has 1 amide bonds. The van der Waals surface area contributed by atoms with Gasteiger partial charge in [0.2, 0.25) is 5.91 Å². The van der Waals surface area contributed by atoms with Gasteiger partial charge in [-0.2, -0.15) is 0 Å². The summed E-state index contributed by atoms with van der Waals surface area (Å²) in [5.41, 5.74) is 2.68. The van der Waals surface area contributed by atoms with Gasteiger partial charge < -0.3 is 5.32 Å². The summed E-state index contributed by atoms with van der Waals surface area (Å²) in [4.78, 5) is 11.6. The molecule has 0 heterocycles. The average Bonchev–Trinajstić information content (AvgIpc) is 2.11. The smallest absolute Gasteiger partial charge is 0.226 e. The van der Waals surface area contributed by atoms with E-state index < -0.39 is 0 Å². The molecule has 0 unspecified atom stereocenters. The van der Waals surface area contributed by atoms with Gasteiger partial charge in [-0.15, -0.1) is 0 Å². The molecule has 0 aromatic rings. The molecule has 0 saturated heterocycles. The Morgan fingerprint density at radius 3 is 2.46 bits per heavy atom. The lowest BCUT2D eigenvalue weighted by atomic mass is 9.73. The van der Waals surface area contributed by atoms with Gasteiger partial charge in [-0.25, -0.2) is 0 Å². The van der Waals surface area contributed by atoms with E-state index in [1.54, 1.807) is 7.05 Å². The number of nitrogens with one attached hydrogen (secondary N) is 1. The van der Waals surface area contributed by atoms with Crippen LogP contribution in [0.1, 0.15) is 40.0 Å². The normalized spacial score (nSPS) is 28.9. The maximum absolute atomic E-state index is 11.6. The van der Waals surface area contributed by atoms with Gasteiger partial charge in [0.15, 0.2) is 0 Å². The Labute approximate surface area is 80.4 Å². The fourth-order valence-corrected chi connectivity index (χ4v) is 2.00. The number of allylic oxidation sites excluding steroid dienone is 2. The van der Waals surface area contributed by atoms with E-state index in [-0.39, 0.29) is 11.3 Å². The molecule has 1 rings (SSSR count). The number of carbonyl (C=O) groups is 1. The van der Waals surface area contributed by atoms with E-state index in [1.165, 1.54) is 11.1 Å². The molecule has 0 aromatic heterocycles. The van der Waals surface area contributed by atoms with Gasteiger partial charge in [-0.05, 0) is 33.1 Å². The number of hydrogen-bond donors (Lipinski definition) is 1. The molecule has 0 bridgehead atoms. The minimum atomic E-state index is -0.168. The van der Waals surface area contributed by atoms with E-state index in [2.05, 4.69) is 26.1 Å². The van der Waals surface area contributed by atoms with Crippen molar-refractivity contribution in [3.63, 3.8) is 0 Å². The lowest BCUT2D eigenvalue weighted by molar-refractivity contribution is -0.130. The molecule has 2 heteroatoms. The summed E-state index contributed by atoms with van der Waals surface area (Å²) in [6.07, 6.45) is 2.96. The highest BCUT2D eigenvalue weighted by atomic mass is 16.2. The van der Waals surface area contributed by atoms with E-state index in [0.29, 0.717) is 0 Å². The Kier molecular flexibility index (Phi) is 2.79. The second kappa shape index (κ2) is 3.52. The van der Waals surface area contributed by atoms with Crippen molar-refractivity contribution in [2.45, 2.75) is 40.0 Å². The highest BCUT2D eigenvalue weighted by Gasteiger charge is 2.35. The monoisotopic (exact) mass is 181 g/mol. The molecule has 0 spiro atoms.